The van der Waals surface area contributed by atoms with E-state index in [9.17, 15) is 16.8 Å². The van der Waals surface area contributed by atoms with Crippen LogP contribution in [-0.2, 0) is 19.7 Å². The molecular weight excluding hydrogens is 529 g/mol. The van der Waals surface area contributed by atoms with E-state index in [0.29, 0.717) is 0 Å². The molecule has 0 aromatic heterocycles. The van der Waals surface area contributed by atoms with Crippen molar-refractivity contribution < 1.29 is 16.8 Å². The van der Waals surface area contributed by atoms with Gasteiger partial charge in [0.1, 0.15) is 9.16 Å². The van der Waals surface area contributed by atoms with Gasteiger partial charge in [-0.2, -0.15) is 0 Å². The zero-order valence-electron chi connectivity index (χ0n) is 19.5. The maximum Gasteiger partial charge on any atom is 0.191 e. The summed E-state index contributed by atoms with van der Waals surface area (Å²) in [6.45, 7) is 1.72. The lowest BCUT2D eigenvalue weighted by Crippen LogP contribution is -2.36. The topological polar surface area (TPSA) is 68.3 Å². The van der Waals surface area contributed by atoms with Crippen LogP contribution in [-0.4, -0.2) is 26.0 Å². The van der Waals surface area contributed by atoms with Crippen molar-refractivity contribution >= 4 is 43.2 Å². The lowest BCUT2D eigenvalue weighted by molar-refractivity contribution is 0.554. The largest absolute Gasteiger partial charge is 0.223 e. The van der Waals surface area contributed by atoms with E-state index >= 15 is 0 Å². The summed E-state index contributed by atoms with van der Waals surface area (Å²) in [6.07, 6.45) is 0. The highest BCUT2D eigenvalue weighted by molar-refractivity contribution is 8.15. The molecule has 0 spiro atoms. The molecule has 36 heavy (non-hydrogen) atoms. The third-order valence-corrected chi connectivity index (χ3v) is 14.1. The minimum Gasteiger partial charge on any atom is -0.223 e. The van der Waals surface area contributed by atoms with Gasteiger partial charge in [0.05, 0.1) is 9.79 Å². The Kier molecular flexibility index (Phi) is 8.62. The Morgan fingerprint density at radius 2 is 0.750 bits per heavy atom. The molecule has 4 aromatic rings. The van der Waals surface area contributed by atoms with Gasteiger partial charge in [-0.25, -0.2) is 16.8 Å². The quantitative estimate of drug-likeness (QED) is 0.201. The molecule has 0 aliphatic rings. The molecule has 2 atom stereocenters. The van der Waals surface area contributed by atoms with Gasteiger partial charge in [0.2, 0.25) is 0 Å². The Hall–Kier alpha value is -2.52. The molecule has 4 nitrogen and oxygen atoms in total. The van der Waals surface area contributed by atoms with Crippen molar-refractivity contribution in [3.05, 3.63) is 121 Å². The zero-order valence-corrected chi connectivity index (χ0v) is 22.8. The summed E-state index contributed by atoms with van der Waals surface area (Å²) in [4.78, 5) is 1.86. The van der Waals surface area contributed by atoms with Crippen molar-refractivity contribution in [1.82, 2.24) is 0 Å². The van der Waals surface area contributed by atoms with Gasteiger partial charge in [0, 0.05) is 15.7 Å². The Balaban J connectivity index is 1.83. The average molecular weight is 555 g/mol. The summed E-state index contributed by atoms with van der Waals surface area (Å²) in [5.74, 6) is -0.768. The average Bonchev–Trinajstić information content (AvgIpc) is 2.92. The minimum atomic E-state index is -3.89. The van der Waals surface area contributed by atoms with Crippen LogP contribution in [0.15, 0.2) is 141 Å². The molecule has 186 valence electrons. The maximum atomic E-state index is 14.0. The standard InChI is InChI=1S/C28H26O4S4/c1-22(27(33-23-14-6-2-7-15-23)35(29,30)25-18-10-4-11-19-25)28(34-24-16-8-3-9-17-24)36(31,32)26-20-12-5-13-21-26/h2-22,27-28H,1H3. The molecule has 0 fully saturated rings. The highest BCUT2D eigenvalue weighted by Gasteiger charge is 2.43. The van der Waals surface area contributed by atoms with E-state index in [1.807, 2.05) is 60.7 Å². The highest BCUT2D eigenvalue weighted by Crippen LogP contribution is 2.44. The first-order valence-electron chi connectivity index (χ1n) is 11.3. The predicted octanol–water partition coefficient (Wildman–Crippen LogP) is 6.81. The number of rotatable bonds is 10. The van der Waals surface area contributed by atoms with Crippen LogP contribution in [0.3, 0.4) is 0 Å². The Morgan fingerprint density at radius 1 is 0.472 bits per heavy atom. The second-order valence-corrected chi connectivity index (χ2v) is 15.3. The Bertz CT molecular complexity index is 1350. The third kappa shape index (κ3) is 6.06. The van der Waals surface area contributed by atoms with Gasteiger partial charge in [-0.1, -0.05) is 79.7 Å². The molecule has 0 aliphatic carbocycles. The molecular formula is C28H26O4S4. The van der Waals surface area contributed by atoms with E-state index in [1.165, 1.54) is 23.5 Å². The van der Waals surface area contributed by atoms with E-state index in [0.717, 1.165) is 9.79 Å². The van der Waals surface area contributed by atoms with Gasteiger partial charge in [-0.05, 0) is 48.5 Å². The Morgan fingerprint density at radius 3 is 1.06 bits per heavy atom. The van der Waals surface area contributed by atoms with Gasteiger partial charge in [0.25, 0.3) is 0 Å². The van der Waals surface area contributed by atoms with Crippen molar-refractivity contribution in [1.29, 1.82) is 0 Å². The van der Waals surface area contributed by atoms with E-state index in [-0.39, 0.29) is 9.79 Å². The van der Waals surface area contributed by atoms with Crippen LogP contribution in [0.1, 0.15) is 6.92 Å². The second kappa shape index (κ2) is 11.7. The molecule has 0 bridgehead atoms. The molecule has 0 radical (unpaired) electrons. The number of sulfone groups is 2. The van der Waals surface area contributed by atoms with E-state index < -0.39 is 34.8 Å². The van der Waals surface area contributed by atoms with Crippen LogP contribution in [0, 0.1) is 5.92 Å². The maximum absolute atomic E-state index is 14.0. The smallest absolute Gasteiger partial charge is 0.191 e. The van der Waals surface area contributed by atoms with Crippen molar-refractivity contribution in [2.45, 2.75) is 35.7 Å². The van der Waals surface area contributed by atoms with Crippen LogP contribution >= 0.6 is 23.5 Å². The van der Waals surface area contributed by atoms with Crippen LogP contribution in [0.2, 0.25) is 0 Å². The molecule has 8 heteroatoms. The number of hydrogen-bond acceptors (Lipinski definition) is 6. The fraction of sp³-hybridized carbons (Fsp3) is 0.143. The van der Waals surface area contributed by atoms with E-state index in [1.54, 1.807) is 67.6 Å². The molecule has 2 unspecified atom stereocenters. The fourth-order valence-corrected chi connectivity index (χ4v) is 11.5. The summed E-state index contributed by atoms with van der Waals surface area (Å²) in [5, 5.41) is 0. The SMILES string of the molecule is CC(C(Sc1ccccc1)S(=O)(=O)c1ccccc1)C(Sc1ccccc1)S(=O)(=O)c1ccccc1. The first-order chi connectivity index (χ1) is 17.3. The monoisotopic (exact) mass is 554 g/mol. The molecule has 0 saturated heterocycles. The summed E-state index contributed by atoms with van der Waals surface area (Å²) in [5.41, 5.74) is 0. The van der Waals surface area contributed by atoms with Crippen molar-refractivity contribution in [3.63, 3.8) is 0 Å². The number of hydrogen-bond donors (Lipinski definition) is 0. The predicted molar refractivity (Wildman–Crippen MR) is 149 cm³/mol. The lowest BCUT2D eigenvalue weighted by Gasteiger charge is -2.30. The summed E-state index contributed by atoms with van der Waals surface area (Å²) in [7, 11) is -7.79. The summed E-state index contributed by atoms with van der Waals surface area (Å²) in [6, 6.07) is 35.0. The van der Waals surface area contributed by atoms with Crippen LogP contribution in [0.4, 0.5) is 0 Å². The summed E-state index contributed by atoms with van der Waals surface area (Å²) < 4.78 is 53.8. The van der Waals surface area contributed by atoms with E-state index in [2.05, 4.69) is 0 Å². The zero-order chi connectivity index (χ0) is 25.6. The first kappa shape index (κ1) is 26.5. The van der Waals surface area contributed by atoms with Crippen molar-refractivity contribution in [3.8, 4) is 0 Å². The highest BCUT2D eigenvalue weighted by atomic mass is 32.3. The van der Waals surface area contributed by atoms with E-state index in [4.69, 9.17) is 0 Å². The number of benzene rings is 4. The van der Waals surface area contributed by atoms with Crippen LogP contribution < -0.4 is 0 Å². The molecule has 0 amide bonds. The minimum absolute atomic E-state index is 0.172. The first-order valence-corrected chi connectivity index (χ1v) is 16.2. The molecule has 0 heterocycles. The normalized spacial score (nSPS) is 14.6. The Labute approximate surface area is 222 Å². The lowest BCUT2D eigenvalue weighted by atomic mass is 10.2. The van der Waals surface area contributed by atoms with Crippen molar-refractivity contribution in [2.24, 2.45) is 5.92 Å². The van der Waals surface area contributed by atoms with Crippen LogP contribution in [0.5, 0.6) is 0 Å². The summed E-state index contributed by atoms with van der Waals surface area (Å²) >= 11 is 2.37. The molecule has 0 saturated carbocycles. The molecule has 4 aromatic carbocycles. The molecule has 4 rings (SSSR count). The molecule has 0 aliphatic heterocycles. The van der Waals surface area contributed by atoms with Gasteiger partial charge in [-0.15, -0.1) is 23.5 Å². The third-order valence-electron chi connectivity index (χ3n) is 5.60. The fourth-order valence-electron chi connectivity index (χ4n) is 3.79. The van der Waals surface area contributed by atoms with Crippen LogP contribution in [0.25, 0.3) is 0 Å². The van der Waals surface area contributed by atoms with Gasteiger partial charge < -0.3 is 0 Å². The number of thioether (sulfide) groups is 2. The molecule has 0 N–H and O–H groups in total. The van der Waals surface area contributed by atoms with Crippen molar-refractivity contribution in [2.75, 3.05) is 0 Å². The van der Waals surface area contributed by atoms with Gasteiger partial charge in [-0.3, -0.25) is 0 Å². The second-order valence-electron chi connectivity index (χ2n) is 8.17. The van der Waals surface area contributed by atoms with Gasteiger partial charge >= 0.3 is 0 Å². The van der Waals surface area contributed by atoms with Gasteiger partial charge in [0.15, 0.2) is 19.7 Å².